The molecule has 2 rings (SSSR count). The van der Waals surface area contributed by atoms with E-state index in [0.29, 0.717) is 0 Å². The summed E-state index contributed by atoms with van der Waals surface area (Å²) in [5, 5.41) is 11.1. The second-order valence-electron chi connectivity index (χ2n) is 4.18. The van der Waals surface area contributed by atoms with Crippen molar-refractivity contribution < 1.29 is 23.9 Å². The zero-order valence-electron chi connectivity index (χ0n) is 11.9. The van der Waals surface area contributed by atoms with Gasteiger partial charge >= 0.3 is 5.97 Å². The monoisotopic (exact) mass is 303 g/mol. The molecule has 0 unspecified atom stereocenters. The van der Waals surface area contributed by atoms with E-state index in [1.54, 1.807) is 30.3 Å². The molecule has 0 radical (unpaired) electrons. The number of carbonyl (C=O) groups excluding carboxylic acids is 1. The van der Waals surface area contributed by atoms with Crippen LogP contribution in [0.4, 0.5) is 5.69 Å². The Hall–Kier alpha value is -3.09. The standard InChI is InChI=1S/C15H13NO6/c1-20-13-8-11(12(16(18)19)9-14(13)21-2)15(17)22-10-6-4-3-5-7-10/h3-9H,1-2H3. The van der Waals surface area contributed by atoms with E-state index in [0.717, 1.165) is 6.07 Å². The van der Waals surface area contributed by atoms with E-state index in [-0.39, 0.29) is 22.8 Å². The molecular formula is C15H13NO6. The third-order valence-electron chi connectivity index (χ3n) is 2.87. The Morgan fingerprint density at radius 3 is 2.18 bits per heavy atom. The highest BCUT2D eigenvalue weighted by Gasteiger charge is 2.26. The van der Waals surface area contributed by atoms with Gasteiger partial charge in [0.2, 0.25) is 0 Å². The second kappa shape index (κ2) is 6.57. The SMILES string of the molecule is COc1cc(C(=O)Oc2ccccc2)c([N+](=O)[O-])cc1OC. The maximum Gasteiger partial charge on any atom is 0.350 e. The van der Waals surface area contributed by atoms with Gasteiger partial charge in [-0.25, -0.2) is 4.79 Å². The summed E-state index contributed by atoms with van der Waals surface area (Å²) in [7, 11) is 2.72. The largest absolute Gasteiger partial charge is 0.493 e. The average molecular weight is 303 g/mol. The van der Waals surface area contributed by atoms with Crippen LogP contribution in [-0.2, 0) is 0 Å². The topological polar surface area (TPSA) is 87.9 Å². The molecule has 0 aromatic heterocycles. The minimum Gasteiger partial charge on any atom is -0.493 e. The quantitative estimate of drug-likeness (QED) is 0.365. The van der Waals surface area contributed by atoms with E-state index in [1.165, 1.54) is 20.3 Å². The first-order valence-electron chi connectivity index (χ1n) is 6.24. The number of benzene rings is 2. The summed E-state index contributed by atoms with van der Waals surface area (Å²) in [6.45, 7) is 0. The molecule has 0 spiro atoms. The van der Waals surface area contributed by atoms with Gasteiger partial charge in [0.1, 0.15) is 11.3 Å². The van der Waals surface area contributed by atoms with E-state index in [9.17, 15) is 14.9 Å². The number of nitro groups is 1. The fourth-order valence-electron chi connectivity index (χ4n) is 1.83. The molecule has 0 heterocycles. The molecule has 7 nitrogen and oxygen atoms in total. The first-order chi connectivity index (χ1) is 10.6. The fourth-order valence-corrected chi connectivity index (χ4v) is 1.83. The molecule has 0 aliphatic carbocycles. The normalized spacial score (nSPS) is 9.91. The zero-order valence-corrected chi connectivity index (χ0v) is 11.9. The number of nitrogens with zero attached hydrogens (tertiary/aromatic N) is 1. The molecule has 2 aromatic carbocycles. The Morgan fingerprint density at radius 1 is 1.05 bits per heavy atom. The Morgan fingerprint density at radius 2 is 1.64 bits per heavy atom. The van der Waals surface area contributed by atoms with Crippen LogP contribution in [-0.4, -0.2) is 25.1 Å². The second-order valence-corrected chi connectivity index (χ2v) is 4.18. The summed E-state index contributed by atoms with van der Waals surface area (Å²) in [5.74, 6) is -0.200. The van der Waals surface area contributed by atoms with Crippen molar-refractivity contribution in [3.63, 3.8) is 0 Å². The molecule has 0 atom stereocenters. The number of nitro benzene ring substituents is 1. The lowest BCUT2D eigenvalue weighted by Gasteiger charge is -2.10. The lowest BCUT2D eigenvalue weighted by molar-refractivity contribution is -0.385. The molecule has 0 fully saturated rings. The Labute approximate surface area is 126 Å². The van der Waals surface area contributed by atoms with E-state index >= 15 is 0 Å². The number of rotatable bonds is 5. The van der Waals surface area contributed by atoms with Gasteiger partial charge in [-0.2, -0.15) is 0 Å². The number of hydrogen-bond acceptors (Lipinski definition) is 6. The minimum absolute atomic E-state index is 0.158. The van der Waals surface area contributed by atoms with Gasteiger partial charge in [0, 0.05) is 6.07 Å². The van der Waals surface area contributed by atoms with E-state index in [4.69, 9.17) is 14.2 Å². The highest BCUT2D eigenvalue weighted by molar-refractivity contribution is 5.96. The molecule has 0 saturated carbocycles. The Kier molecular flexibility index (Phi) is 4.57. The molecule has 2 aromatic rings. The summed E-state index contributed by atoms with van der Waals surface area (Å²) in [4.78, 5) is 22.7. The average Bonchev–Trinajstić information content (AvgIpc) is 2.54. The fraction of sp³-hybridized carbons (Fsp3) is 0.133. The summed E-state index contributed by atoms with van der Waals surface area (Å²) in [5.41, 5.74) is -0.634. The lowest BCUT2D eigenvalue weighted by atomic mass is 10.1. The van der Waals surface area contributed by atoms with Crippen molar-refractivity contribution in [1.82, 2.24) is 0 Å². The van der Waals surface area contributed by atoms with Crippen molar-refractivity contribution in [3.05, 3.63) is 58.1 Å². The van der Waals surface area contributed by atoms with Crippen LogP contribution in [0, 0.1) is 10.1 Å². The summed E-state index contributed by atoms with van der Waals surface area (Å²) in [6, 6.07) is 10.6. The van der Waals surface area contributed by atoms with Crippen molar-refractivity contribution in [2.24, 2.45) is 0 Å². The highest BCUT2D eigenvalue weighted by Crippen LogP contribution is 2.34. The van der Waals surface area contributed by atoms with Crippen LogP contribution in [0.2, 0.25) is 0 Å². The van der Waals surface area contributed by atoms with Gasteiger partial charge in [0.05, 0.1) is 25.2 Å². The van der Waals surface area contributed by atoms with Crippen LogP contribution in [0.15, 0.2) is 42.5 Å². The maximum absolute atomic E-state index is 12.2. The molecule has 0 aliphatic rings. The van der Waals surface area contributed by atoms with E-state index < -0.39 is 16.6 Å². The molecule has 114 valence electrons. The van der Waals surface area contributed by atoms with Crippen molar-refractivity contribution in [2.75, 3.05) is 14.2 Å². The zero-order chi connectivity index (χ0) is 16.1. The first-order valence-corrected chi connectivity index (χ1v) is 6.24. The van der Waals surface area contributed by atoms with E-state index in [1.807, 2.05) is 0 Å². The Balaban J connectivity index is 2.44. The van der Waals surface area contributed by atoms with E-state index in [2.05, 4.69) is 0 Å². The smallest absolute Gasteiger partial charge is 0.350 e. The van der Waals surface area contributed by atoms with Gasteiger partial charge in [-0.1, -0.05) is 18.2 Å². The molecule has 7 heteroatoms. The maximum atomic E-state index is 12.2. The molecule has 0 bridgehead atoms. The predicted molar refractivity (Wildman–Crippen MR) is 77.6 cm³/mol. The highest BCUT2D eigenvalue weighted by atomic mass is 16.6. The molecule has 0 N–H and O–H groups in total. The number of carbonyl (C=O) groups is 1. The predicted octanol–water partition coefficient (Wildman–Crippen LogP) is 2.83. The first kappa shape index (κ1) is 15.3. The van der Waals surface area contributed by atoms with Crippen molar-refractivity contribution >= 4 is 11.7 Å². The van der Waals surface area contributed by atoms with Gasteiger partial charge in [-0.3, -0.25) is 10.1 Å². The number of hydrogen-bond donors (Lipinski definition) is 0. The summed E-state index contributed by atoms with van der Waals surface area (Å²) >= 11 is 0. The van der Waals surface area contributed by atoms with Crippen LogP contribution in [0.5, 0.6) is 17.2 Å². The number of methoxy groups -OCH3 is 2. The summed E-state index contributed by atoms with van der Waals surface area (Å²) in [6.07, 6.45) is 0. The van der Waals surface area contributed by atoms with Gasteiger partial charge in [0.25, 0.3) is 5.69 Å². The van der Waals surface area contributed by atoms with Crippen LogP contribution in [0.3, 0.4) is 0 Å². The minimum atomic E-state index is -0.848. The van der Waals surface area contributed by atoms with Crippen LogP contribution >= 0.6 is 0 Å². The number of ether oxygens (including phenoxy) is 3. The molecular weight excluding hydrogens is 290 g/mol. The third kappa shape index (κ3) is 3.14. The Bertz CT molecular complexity index is 699. The third-order valence-corrected chi connectivity index (χ3v) is 2.87. The van der Waals surface area contributed by atoms with Gasteiger partial charge < -0.3 is 14.2 Å². The van der Waals surface area contributed by atoms with Gasteiger partial charge in [-0.15, -0.1) is 0 Å². The van der Waals surface area contributed by atoms with Gasteiger partial charge in [0.15, 0.2) is 11.5 Å². The van der Waals surface area contributed by atoms with Crippen LogP contribution in [0.1, 0.15) is 10.4 Å². The van der Waals surface area contributed by atoms with Crippen molar-refractivity contribution in [1.29, 1.82) is 0 Å². The van der Waals surface area contributed by atoms with Crippen LogP contribution in [0.25, 0.3) is 0 Å². The molecule has 22 heavy (non-hydrogen) atoms. The van der Waals surface area contributed by atoms with Gasteiger partial charge in [-0.05, 0) is 12.1 Å². The van der Waals surface area contributed by atoms with Crippen molar-refractivity contribution in [3.8, 4) is 17.2 Å². The summed E-state index contributed by atoms with van der Waals surface area (Å²) < 4.78 is 15.2. The number of esters is 1. The molecule has 0 saturated heterocycles. The van der Waals surface area contributed by atoms with Crippen LogP contribution < -0.4 is 14.2 Å². The molecule has 0 aliphatic heterocycles. The van der Waals surface area contributed by atoms with Crippen molar-refractivity contribution in [2.45, 2.75) is 0 Å². The lowest BCUT2D eigenvalue weighted by Crippen LogP contribution is -2.11. The molecule has 0 amide bonds. The number of para-hydroxylation sites is 1.